The van der Waals surface area contributed by atoms with Gasteiger partial charge in [-0.15, -0.1) is 0 Å². The van der Waals surface area contributed by atoms with E-state index in [0.717, 1.165) is 10.2 Å². The highest BCUT2D eigenvalue weighted by Crippen LogP contribution is 2.18. The number of rotatable bonds is 1. The normalized spacial score (nSPS) is 9.92. The molecule has 0 aliphatic heterocycles. The maximum Gasteiger partial charge on any atom is 0.106 e. The molecule has 0 aliphatic rings. The molecule has 0 saturated carbocycles. The molecule has 1 aromatic heterocycles. The van der Waals surface area contributed by atoms with Crippen LogP contribution in [0.5, 0.6) is 0 Å². The van der Waals surface area contributed by atoms with Gasteiger partial charge in [0.25, 0.3) is 0 Å². The van der Waals surface area contributed by atoms with Gasteiger partial charge in [0.1, 0.15) is 4.60 Å². The van der Waals surface area contributed by atoms with Gasteiger partial charge in [0.2, 0.25) is 0 Å². The van der Waals surface area contributed by atoms with Gasteiger partial charge >= 0.3 is 0 Å². The Hall–Kier alpha value is -1.15. The van der Waals surface area contributed by atoms with Crippen LogP contribution in [0, 0.1) is 6.07 Å². The van der Waals surface area contributed by atoms with Crippen LogP contribution >= 0.6 is 15.9 Å². The van der Waals surface area contributed by atoms with Crippen LogP contribution in [-0.2, 0) is 0 Å². The summed E-state index contributed by atoms with van der Waals surface area (Å²) in [7, 11) is 0. The van der Waals surface area contributed by atoms with E-state index in [4.69, 9.17) is 0 Å². The van der Waals surface area contributed by atoms with Gasteiger partial charge < -0.3 is 0 Å². The third-order valence-corrected chi connectivity index (χ3v) is 2.25. The van der Waals surface area contributed by atoms with Crippen LogP contribution in [0.2, 0.25) is 0 Å². The van der Waals surface area contributed by atoms with Crippen LogP contribution in [0.25, 0.3) is 11.1 Å². The van der Waals surface area contributed by atoms with Gasteiger partial charge in [0.15, 0.2) is 0 Å². The van der Waals surface area contributed by atoms with E-state index < -0.39 is 0 Å². The van der Waals surface area contributed by atoms with Crippen molar-refractivity contribution < 1.29 is 0 Å². The third kappa shape index (κ3) is 1.95. The molecule has 0 saturated heterocycles. The minimum Gasteiger partial charge on any atom is -0.249 e. The Kier molecular flexibility index (Phi) is 2.41. The zero-order valence-corrected chi connectivity index (χ0v) is 8.45. The number of benzene rings is 1. The van der Waals surface area contributed by atoms with E-state index in [1.54, 1.807) is 0 Å². The summed E-state index contributed by atoms with van der Waals surface area (Å²) in [5.74, 6) is 0. The van der Waals surface area contributed by atoms with Crippen molar-refractivity contribution in [1.29, 1.82) is 0 Å². The van der Waals surface area contributed by atoms with Crippen LogP contribution in [-0.4, -0.2) is 4.98 Å². The topological polar surface area (TPSA) is 12.9 Å². The molecule has 1 radical (unpaired) electrons. The van der Waals surface area contributed by atoms with Crippen molar-refractivity contribution in [2.45, 2.75) is 0 Å². The molecule has 0 unspecified atom stereocenters. The molecule has 0 N–H and O–H groups in total. The fourth-order valence-electron chi connectivity index (χ4n) is 1.13. The fourth-order valence-corrected chi connectivity index (χ4v) is 1.36. The minimum absolute atomic E-state index is 0.860. The fraction of sp³-hybridized carbons (Fsp3) is 0. The van der Waals surface area contributed by atoms with Crippen molar-refractivity contribution in [1.82, 2.24) is 4.98 Å². The van der Waals surface area contributed by atoms with E-state index in [2.05, 4.69) is 27.0 Å². The van der Waals surface area contributed by atoms with Crippen LogP contribution in [0.15, 0.2) is 47.2 Å². The summed E-state index contributed by atoms with van der Waals surface area (Å²) in [4.78, 5) is 4.16. The second-order valence-corrected chi connectivity index (χ2v) is 3.47. The molecule has 0 aliphatic carbocycles. The average molecular weight is 233 g/mol. The lowest BCUT2D eigenvalue weighted by Crippen LogP contribution is -1.79. The Labute approximate surface area is 85.6 Å². The van der Waals surface area contributed by atoms with E-state index in [1.807, 2.05) is 42.6 Å². The molecule has 0 bridgehead atoms. The molecule has 2 heteroatoms. The number of nitrogens with zero attached hydrogens (tertiary/aromatic N) is 1. The molecule has 0 atom stereocenters. The summed E-state index contributed by atoms with van der Waals surface area (Å²) in [6.07, 6.45) is 1.85. The lowest BCUT2D eigenvalue weighted by molar-refractivity contribution is 1.28. The molecule has 0 fully saturated rings. The molecular weight excluding hydrogens is 226 g/mol. The lowest BCUT2D eigenvalue weighted by Gasteiger charge is -1.99. The molecule has 2 aromatic rings. The third-order valence-electron chi connectivity index (χ3n) is 1.78. The summed E-state index contributed by atoms with van der Waals surface area (Å²) in [6, 6.07) is 14.8. The zero-order chi connectivity index (χ0) is 9.10. The van der Waals surface area contributed by atoms with Gasteiger partial charge in [0.05, 0.1) is 0 Å². The van der Waals surface area contributed by atoms with Crippen LogP contribution in [0.1, 0.15) is 0 Å². The van der Waals surface area contributed by atoms with Gasteiger partial charge in [-0.2, -0.15) is 0 Å². The second kappa shape index (κ2) is 3.71. The Morgan fingerprint density at radius 3 is 2.38 bits per heavy atom. The molecule has 1 aromatic carbocycles. The molecule has 0 spiro atoms. The maximum atomic E-state index is 4.16. The first-order valence-electron chi connectivity index (χ1n) is 3.94. The molecule has 1 heterocycles. The van der Waals surface area contributed by atoms with Gasteiger partial charge in [0, 0.05) is 11.8 Å². The van der Waals surface area contributed by atoms with Crippen molar-refractivity contribution in [3.63, 3.8) is 0 Å². The first kappa shape index (κ1) is 8.45. The molecular formula is C11H7BrN. The predicted molar refractivity (Wildman–Crippen MR) is 56.2 cm³/mol. The number of halogens is 1. The SMILES string of the molecule is Brc1ccc(-c2cc[c]cc2)cn1. The standard InChI is InChI=1S/C11H7BrN/c12-11-7-6-10(8-13-11)9-4-2-1-3-5-9/h2-8H. The first-order chi connectivity index (χ1) is 6.36. The largest absolute Gasteiger partial charge is 0.249 e. The van der Waals surface area contributed by atoms with Gasteiger partial charge in [-0.3, -0.25) is 0 Å². The van der Waals surface area contributed by atoms with Crippen molar-refractivity contribution >= 4 is 15.9 Å². The van der Waals surface area contributed by atoms with E-state index in [9.17, 15) is 0 Å². The summed E-state index contributed by atoms with van der Waals surface area (Å²) in [5.41, 5.74) is 2.29. The summed E-state index contributed by atoms with van der Waals surface area (Å²) in [5, 5.41) is 0. The number of hydrogen-bond donors (Lipinski definition) is 0. The molecule has 1 nitrogen and oxygen atoms in total. The predicted octanol–water partition coefficient (Wildman–Crippen LogP) is 3.31. The highest BCUT2D eigenvalue weighted by atomic mass is 79.9. The van der Waals surface area contributed by atoms with Crippen molar-refractivity contribution in [2.75, 3.05) is 0 Å². The Bertz CT molecular complexity index is 381. The van der Waals surface area contributed by atoms with Gasteiger partial charge in [-0.1, -0.05) is 30.3 Å². The van der Waals surface area contributed by atoms with Gasteiger partial charge in [-0.05, 0) is 33.6 Å². The maximum absolute atomic E-state index is 4.16. The van der Waals surface area contributed by atoms with Crippen LogP contribution in [0.4, 0.5) is 0 Å². The van der Waals surface area contributed by atoms with Gasteiger partial charge in [-0.25, -0.2) is 4.98 Å². The van der Waals surface area contributed by atoms with Crippen LogP contribution < -0.4 is 0 Å². The van der Waals surface area contributed by atoms with Crippen molar-refractivity contribution in [3.8, 4) is 11.1 Å². The summed E-state index contributed by atoms with van der Waals surface area (Å²) < 4.78 is 0.860. The van der Waals surface area contributed by atoms with E-state index >= 15 is 0 Å². The average Bonchev–Trinajstić information content (AvgIpc) is 2.20. The summed E-state index contributed by atoms with van der Waals surface area (Å²) in [6.45, 7) is 0. The second-order valence-electron chi connectivity index (χ2n) is 2.66. The van der Waals surface area contributed by atoms with Crippen molar-refractivity contribution in [3.05, 3.63) is 53.3 Å². The Morgan fingerprint density at radius 2 is 1.77 bits per heavy atom. The first-order valence-corrected chi connectivity index (χ1v) is 4.73. The quantitative estimate of drug-likeness (QED) is 0.688. The van der Waals surface area contributed by atoms with Crippen LogP contribution in [0.3, 0.4) is 0 Å². The Balaban J connectivity index is 2.42. The zero-order valence-electron chi connectivity index (χ0n) is 6.87. The van der Waals surface area contributed by atoms with E-state index in [-0.39, 0.29) is 0 Å². The molecule has 2 rings (SSSR count). The molecule has 13 heavy (non-hydrogen) atoms. The number of pyridine rings is 1. The van der Waals surface area contributed by atoms with E-state index in [0.29, 0.717) is 0 Å². The highest BCUT2D eigenvalue weighted by Gasteiger charge is 1.95. The monoisotopic (exact) mass is 232 g/mol. The molecule has 0 amide bonds. The minimum atomic E-state index is 0.860. The Morgan fingerprint density at radius 1 is 1.00 bits per heavy atom. The lowest BCUT2D eigenvalue weighted by atomic mass is 10.1. The van der Waals surface area contributed by atoms with E-state index in [1.165, 1.54) is 5.56 Å². The molecule has 63 valence electrons. The highest BCUT2D eigenvalue weighted by molar-refractivity contribution is 9.10. The number of aromatic nitrogens is 1. The van der Waals surface area contributed by atoms with Crippen molar-refractivity contribution in [2.24, 2.45) is 0 Å². The number of hydrogen-bond acceptors (Lipinski definition) is 1. The summed E-state index contributed by atoms with van der Waals surface area (Å²) >= 11 is 3.30. The smallest absolute Gasteiger partial charge is 0.106 e.